The summed E-state index contributed by atoms with van der Waals surface area (Å²) in [5.74, 6) is 0.987. The van der Waals surface area contributed by atoms with Gasteiger partial charge in [0.25, 0.3) is 5.91 Å². The molecule has 0 saturated carbocycles. The van der Waals surface area contributed by atoms with Gasteiger partial charge in [0, 0.05) is 11.3 Å². The lowest BCUT2D eigenvalue weighted by atomic mass is 10.1. The van der Waals surface area contributed by atoms with Crippen molar-refractivity contribution in [3.05, 3.63) is 59.2 Å². The summed E-state index contributed by atoms with van der Waals surface area (Å²) in [5, 5.41) is 10.8. The highest BCUT2D eigenvalue weighted by Crippen LogP contribution is 2.34. The van der Waals surface area contributed by atoms with Crippen LogP contribution < -0.4 is 14.8 Å². The van der Waals surface area contributed by atoms with Crippen LogP contribution in [0.2, 0.25) is 0 Å². The normalized spacial score (nSPS) is 12.8. The number of ether oxygens (including phenoxy) is 2. The van der Waals surface area contributed by atoms with Gasteiger partial charge < -0.3 is 9.47 Å². The second-order valence-electron chi connectivity index (χ2n) is 5.88. The van der Waals surface area contributed by atoms with Gasteiger partial charge in [0.2, 0.25) is 11.9 Å². The van der Waals surface area contributed by atoms with E-state index in [2.05, 4.69) is 15.5 Å². The van der Waals surface area contributed by atoms with Crippen LogP contribution in [-0.4, -0.2) is 22.9 Å². The number of alkyl halides is 3. The van der Waals surface area contributed by atoms with Crippen molar-refractivity contribution in [2.24, 2.45) is 0 Å². The van der Waals surface area contributed by atoms with E-state index >= 15 is 0 Å². The van der Waals surface area contributed by atoms with Gasteiger partial charge in [-0.3, -0.25) is 10.1 Å². The fourth-order valence-corrected chi connectivity index (χ4v) is 4.20. The van der Waals surface area contributed by atoms with Crippen LogP contribution >= 0.6 is 23.1 Å². The summed E-state index contributed by atoms with van der Waals surface area (Å²) in [4.78, 5) is 12.4. The molecule has 1 aliphatic heterocycles. The van der Waals surface area contributed by atoms with E-state index in [0.29, 0.717) is 37.8 Å². The summed E-state index contributed by atoms with van der Waals surface area (Å²) >= 11 is 2.38. The molecule has 0 unspecified atom stereocenters. The third kappa shape index (κ3) is 4.62. The van der Waals surface area contributed by atoms with Crippen LogP contribution in [0, 0.1) is 0 Å². The molecule has 0 spiro atoms. The Hall–Kier alpha value is -2.79. The number of rotatable bonds is 5. The van der Waals surface area contributed by atoms with Crippen molar-refractivity contribution >= 4 is 34.1 Å². The number of nitrogens with zero attached hydrogens (tertiary/aromatic N) is 2. The fraction of sp³-hybridized carbons (Fsp3) is 0.167. The number of carbonyl (C=O) groups excluding carboxylic acids is 1. The standard InChI is InChI=1S/C18H12F3N3O3S2/c19-18(20,21)12-3-1-2-10(6-12)8-28-17-24-23-16(29-17)22-15(25)11-4-5-13-14(7-11)27-9-26-13/h1-7H,8-9H2,(H,22,23,25). The smallest absolute Gasteiger partial charge is 0.416 e. The van der Waals surface area contributed by atoms with Gasteiger partial charge in [-0.2, -0.15) is 13.2 Å². The number of amides is 1. The number of benzene rings is 2. The lowest BCUT2D eigenvalue weighted by Gasteiger charge is -2.07. The van der Waals surface area contributed by atoms with Gasteiger partial charge in [-0.05, 0) is 29.8 Å². The predicted molar refractivity (Wildman–Crippen MR) is 101 cm³/mol. The van der Waals surface area contributed by atoms with Crippen molar-refractivity contribution in [3.63, 3.8) is 0 Å². The van der Waals surface area contributed by atoms with E-state index in [1.54, 1.807) is 24.3 Å². The van der Waals surface area contributed by atoms with Gasteiger partial charge in [0.1, 0.15) is 0 Å². The SMILES string of the molecule is O=C(Nc1nnc(SCc2cccc(C(F)(F)F)c2)s1)c1ccc2c(c1)OCO2. The first-order valence-corrected chi connectivity index (χ1v) is 10.0. The fourth-order valence-electron chi connectivity index (χ4n) is 2.51. The zero-order valence-electron chi connectivity index (χ0n) is 14.5. The zero-order chi connectivity index (χ0) is 20.4. The summed E-state index contributed by atoms with van der Waals surface area (Å²) in [5.41, 5.74) is 0.207. The summed E-state index contributed by atoms with van der Waals surface area (Å²) in [7, 11) is 0. The highest BCUT2D eigenvalue weighted by Gasteiger charge is 2.30. The Labute approximate surface area is 171 Å². The van der Waals surface area contributed by atoms with Gasteiger partial charge in [-0.15, -0.1) is 10.2 Å². The summed E-state index contributed by atoms with van der Waals surface area (Å²) < 4.78 is 49.3. The van der Waals surface area contributed by atoms with Gasteiger partial charge >= 0.3 is 6.18 Å². The summed E-state index contributed by atoms with van der Waals surface area (Å²) in [6.45, 7) is 0.114. The molecule has 3 aromatic rings. The van der Waals surface area contributed by atoms with Crippen LogP contribution in [0.25, 0.3) is 0 Å². The average Bonchev–Trinajstić information content (AvgIpc) is 3.34. The topological polar surface area (TPSA) is 73.3 Å². The molecule has 4 rings (SSSR count). The molecule has 1 amide bonds. The van der Waals surface area contributed by atoms with E-state index in [4.69, 9.17) is 9.47 Å². The number of aromatic nitrogens is 2. The molecular weight excluding hydrogens is 427 g/mol. The highest BCUT2D eigenvalue weighted by molar-refractivity contribution is 8.00. The molecule has 11 heteroatoms. The minimum Gasteiger partial charge on any atom is -0.454 e. The summed E-state index contributed by atoms with van der Waals surface area (Å²) in [6, 6.07) is 9.95. The molecule has 6 nitrogen and oxygen atoms in total. The molecule has 0 saturated heterocycles. The lowest BCUT2D eigenvalue weighted by Crippen LogP contribution is -2.11. The molecule has 1 aromatic heterocycles. The predicted octanol–water partition coefficient (Wildman–Crippen LogP) is 4.83. The van der Waals surface area contributed by atoms with Crippen LogP contribution in [0.15, 0.2) is 46.8 Å². The highest BCUT2D eigenvalue weighted by atomic mass is 32.2. The molecule has 0 aliphatic carbocycles. The van der Waals surface area contributed by atoms with Gasteiger partial charge in [-0.25, -0.2) is 0 Å². The number of fused-ring (bicyclic) bond motifs is 1. The van der Waals surface area contributed by atoms with E-state index in [1.165, 1.54) is 17.8 Å². The Morgan fingerprint density at radius 2 is 1.97 bits per heavy atom. The number of thioether (sulfide) groups is 1. The maximum absolute atomic E-state index is 12.8. The molecule has 0 bridgehead atoms. The molecule has 2 heterocycles. The maximum atomic E-state index is 12.8. The monoisotopic (exact) mass is 439 g/mol. The van der Waals surface area contributed by atoms with E-state index in [0.717, 1.165) is 23.5 Å². The second kappa shape index (κ2) is 7.91. The number of hydrogen-bond donors (Lipinski definition) is 1. The lowest BCUT2D eigenvalue weighted by molar-refractivity contribution is -0.137. The van der Waals surface area contributed by atoms with Crippen molar-refractivity contribution in [1.29, 1.82) is 0 Å². The molecule has 0 radical (unpaired) electrons. The number of anilines is 1. The van der Waals surface area contributed by atoms with Gasteiger partial charge in [0.15, 0.2) is 15.8 Å². The van der Waals surface area contributed by atoms with Crippen molar-refractivity contribution in [2.75, 3.05) is 12.1 Å². The molecule has 2 aromatic carbocycles. The molecule has 0 fully saturated rings. The quantitative estimate of drug-likeness (QED) is 0.454. The molecule has 150 valence electrons. The first-order chi connectivity index (χ1) is 13.9. The van der Waals surface area contributed by atoms with Crippen LogP contribution in [0.5, 0.6) is 11.5 Å². The van der Waals surface area contributed by atoms with E-state index in [1.807, 2.05) is 0 Å². The molecule has 1 N–H and O–H groups in total. The third-order valence-electron chi connectivity index (χ3n) is 3.88. The zero-order valence-corrected chi connectivity index (χ0v) is 16.2. The summed E-state index contributed by atoms with van der Waals surface area (Å²) in [6.07, 6.45) is -4.38. The van der Waals surface area contributed by atoms with Crippen LogP contribution in [0.4, 0.5) is 18.3 Å². The van der Waals surface area contributed by atoms with Gasteiger partial charge in [0.05, 0.1) is 5.56 Å². The van der Waals surface area contributed by atoms with Crippen molar-refractivity contribution in [1.82, 2.24) is 10.2 Å². The molecule has 1 aliphatic rings. The Kier molecular flexibility index (Phi) is 5.33. The van der Waals surface area contributed by atoms with Crippen LogP contribution in [-0.2, 0) is 11.9 Å². The Bertz CT molecular complexity index is 1060. The maximum Gasteiger partial charge on any atom is 0.416 e. The largest absolute Gasteiger partial charge is 0.454 e. The third-order valence-corrected chi connectivity index (χ3v) is 5.92. The van der Waals surface area contributed by atoms with Crippen LogP contribution in [0.3, 0.4) is 0 Å². The Balaban J connectivity index is 1.37. The second-order valence-corrected chi connectivity index (χ2v) is 8.08. The minimum atomic E-state index is -4.38. The van der Waals surface area contributed by atoms with Crippen LogP contribution in [0.1, 0.15) is 21.5 Å². The molecule has 29 heavy (non-hydrogen) atoms. The van der Waals surface area contributed by atoms with Crippen molar-refractivity contribution < 1.29 is 27.4 Å². The Morgan fingerprint density at radius 1 is 1.14 bits per heavy atom. The average molecular weight is 439 g/mol. The number of halogens is 3. The van der Waals surface area contributed by atoms with E-state index < -0.39 is 11.7 Å². The van der Waals surface area contributed by atoms with Crippen molar-refractivity contribution in [3.8, 4) is 11.5 Å². The first kappa shape index (κ1) is 19.5. The number of nitrogens with one attached hydrogen (secondary N) is 1. The first-order valence-electron chi connectivity index (χ1n) is 8.22. The van der Waals surface area contributed by atoms with E-state index in [9.17, 15) is 18.0 Å². The van der Waals surface area contributed by atoms with E-state index in [-0.39, 0.29) is 12.7 Å². The van der Waals surface area contributed by atoms with Crippen molar-refractivity contribution in [2.45, 2.75) is 16.3 Å². The molecular formula is C18H12F3N3O3S2. The Morgan fingerprint density at radius 3 is 2.79 bits per heavy atom. The molecule has 0 atom stereocenters. The van der Waals surface area contributed by atoms with Gasteiger partial charge in [-0.1, -0.05) is 41.3 Å². The number of carbonyl (C=O) groups is 1. The number of hydrogen-bond acceptors (Lipinski definition) is 7. The minimum absolute atomic E-state index is 0.114.